The van der Waals surface area contributed by atoms with Crippen LogP contribution in [-0.4, -0.2) is 34.1 Å². The quantitative estimate of drug-likeness (QED) is 0.728. The summed E-state index contributed by atoms with van der Waals surface area (Å²) in [5.41, 5.74) is 1.20. The first kappa shape index (κ1) is 17.5. The molecule has 2 aromatic heterocycles. The molecule has 0 aliphatic rings. The van der Waals surface area contributed by atoms with Crippen molar-refractivity contribution < 1.29 is 14.6 Å². The summed E-state index contributed by atoms with van der Waals surface area (Å²) in [6.45, 7) is 2.16. The topological polar surface area (TPSA) is 92.9 Å². The molecule has 2 heterocycles. The third-order valence-electron chi connectivity index (χ3n) is 4.03. The number of pyridine rings is 1. The Morgan fingerprint density at radius 3 is 2.88 bits per heavy atom. The predicted molar refractivity (Wildman–Crippen MR) is 96.9 cm³/mol. The Bertz CT molecular complexity index is 1030. The Hall–Kier alpha value is -3.35. The van der Waals surface area contributed by atoms with E-state index in [-0.39, 0.29) is 5.56 Å². The van der Waals surface area contributed by atoms with Gasteiger partial charge in [-0.2, -0.15) is 4.98 Å². The fraction of sp³-hybridized carbons (Fsp3) is 0.211. The lowest BCUT2D eigenvalue weighted by molar-refractivity contribution is 0.0949. The number of amides is 1. The van der Waals surface area contributed by atoms with Gasteiger partial charge in [0.15, 0.2) is 5.56 Å². The predicted octanol–water partition coefficient (Wildman–Crippen LogP) is 1.69. The molecule has 0 fully saturated rings. The van der Waals surface area contributed by atoms with Gasteiger partial charge < -0.3 is 15.2 Å². The van der Waals surface area contributed by atoms with Gasteiger partial charge in [0.05, 0.1) is 7.11 Å². The molecule has 0 aliphatic carbocycles. The number of aromatic hydroxyl groups is 1. The number of aryl methyl sites for hydroxylation is 1. The molecule has 0 atom stereocenters. The lowest BCUT2D eigenvalue weighted by atomic mass is 10.1. The second-order valence-electron chi connectivity index (χ2n) is 5.91. The first-order chi connectivity index (χ1) is 12.5. The number of carbonyl (C=O) groups is 1. The molecule has 3 aromatic rings. The standard InChI is InChI=1S/C19H19N3O4/c1-12-7-9-22-15(10-12)21-18(24)16(19(22)25)17(23)20-8-6-13-4-3-5-14(11-13)26-2/h3-5,7,9-11,24H,6,8H2,1-2H3,(H,20,23). The van der Waals surface area contributed by atoms with Crippen LogP contribution in [0.25, 0.3) is 5.65 Å². The minimum Gasteiger partial charge on any atom is -0.497 e. The highest BCUT2D eigenvalue weighted by atomic mass is 16.5. The molecule has 0 saturated heterocycles. The number of benzene rings is 1. The molecule has 0 radical (unpaired) electrons. The van der Waals surface area contributed by atoms with Crippen LogP contribution in [0.15, 0.2) is 47.4 Å². The van der Waals surface area contributed by atoms with Crippen molar-refractivity contribution in [3.63, 3.8) is 0 Å². The zero-order valence-corrected chi connectivity index (χ0v) is 14.5. The van der Waals surface area contributed by atoms with Gasteiger partial charge in [-0.1, -0.05) is 12.1 Å². The third kappa shape index (κ3) is 3.51. The third-order valence-corrected chi connectivity index (χ3v) is 4.03. The average molecular weight is 353 g/mol. The van der Waals surface area contributed by atoms with E-state index in [4.69, 9.17) is 4.74 Å². The normalized spacial score (nSPS) is 10.7. The summed E-state index contributed by atoms with van der Waals surface area (Å²) in [4.78, 5) is 28.8. The first-order valence-electron chi connectivity index (χ1n) is 8.12. The number of rotatable bonds is 5. The monoisotopic (exact) mass is 353 g/mol. The summed E-state index contributed by atoms with van der Waals surface area (Å²) in [6.07, 6.45) is 2.09. The van der Waals surface area contributed by atoms with E-state index in [1.807, 2.05) is 31.2 Å². The maximum atomic E-state index is 12.5. The van der Waals surface area contributed by atoms with Gasteiger partial charge in [0.25, 0.3) is 11.5 Å². The van der Waals surface area contributed by atoms with Crippen LogP contribution in [0.5, 0.6) is 11.6 Å². The number of fused-ring (bicyclic) bond motifs is 1. The number of hydrogen-bond donors (Lipinski definition) is 2. The van der Waals surface area contributed by atoms with Crippen LogP contribution in [0.2, 0.25) is 0 Å². The van der Waals surface area contributed by atoms with E-state index < -0.39 is 17.3 Å². The first-order valence-corrected chi connectivity index (χ1v) is 8.12. The lowest BCUT2D eigenvalue weighted by Gasteiger charge is -2.09. The van der Waals surface area contributed by atoms with Crippen molar-refractivity contribution in [1.29, 1.82) is 0 Å². The van der Waals surface area contributed by atoms with E-state index in [1.165, 1.54) is 10.6 Å². The molecule has 0 saturated carbocycles. The number of aromatic nitrogens is 2. The maximum Gasteiger partial charge on any atom is 0.274 e. The number of carbonyl (C=O) groups excluding carboxylic acids is 1. The Morgan fingerprint density at radius 2 is 2.12 bits per heavy atom. The van der Waals surface area contributed by atoms with E-state index in [1.54, 1.807) is 19.2 Å². The largest absolute Gasteiger partial charge is 0.497 e. The van der Waals surface area contributed by atoms with Crippen LogP contribution in [-0.2, 0) is 6.42 Å². The Labute approximate surface area is 149 Å². The van der Waals surface area contributed by atoms with Gasteiger partial charge in [-0.15, -0.1) is 0 Å². The molecule has 0 unspecified atom stereocenters. The van der Waals surface area contributed by atoms with E-state index in [0.29, 0.717) is 18.6 Å². The van der Waals surface area contributed by atoms with Gasteiger partial charge in [-0.25, -0.2) is 0 Å². The van der Waals surface area contributed by atoms with Crippen LogP contribution >= 0.6 is 0 Å². The maximum absolute atomic E-state index is 12.5. The van der Waals surface area contributed by atoms with Crippen LogP contribution in [0.4, 0.5) is 0 Å². The summed E-state index contributed by atoms with van der Waals surface area (Å²) >= 11 is 0. The van der Waals surface area contributed by atoms with Gasteiger partial charge in [0.2, 0.25) is 5.88 Å². The number of nitrogens with zero attached hydrogens (tertiary/aromatic N) is 2. The fourth-order valence-corrected chi connectivity index (χ4v) is 2.66. The number of hydrogen-bond acceptors (Lipinski definition) is 5. The van der Waals surface area contributed by atoms with E-state index in [0.717, 1.165) is 16.9 Å². The van der Waals surface area contributed by atoms with E-state index >= 15 is 0 Å². The summed E-state index contributed by atoms with van der Waals surface area (Å²) < 4.78 is 6.40. The molecule has 0 bridgehead atoms. The second-order valence-corrected chi connectivity index (χ2v) is 5.91. The molecular weight excluding hydrogens is 334 g/mol. The van der Waals surface area contributed by atoms with E-state index in [2.05, 4.69) is 10.3 Å². The molecule has 1 amide bonds. The minimum atomic E-state index is -0.655. The molecule has 2 N–H and O–H groups in total. The Balaban J connectivity index is 1.77. The smallest absolute Gasteiger partial charge is 0.274 e. The highest BCUT2D eigenvalue weighted by Gasteiger charge is 2.19. The van der Waals surface area contributed by atoms with Crippen molar-refractivity contribution in [3.8, 4) is 11.6 Å². The number of ether oxygens (including phenoxy) is 1. The van der Waals surface area contributed by atoms with Crippen molar-refractivity contribution in [3.05, 3.63) is 69.6 Å². The second kappa shape index (κ2) is 7.26. The summed E-state index contributed by atoms with van der Waals surface area (Å²) in [5.74, 6) is -0.490. The molecule has 3 rings (SSSR count). The Morgan fingerprint density at radius 1 is 1.31 bits per heavy atom. The van der Waals surface area contributed by atoms with Crippen LogP contribution < -0.4 is 15.6 Å². The van der Waals surface area contributed by atoms with Crippen LogP contribution in [0.3, 0.4) is 0 Å². The SMILES string of the molecule is COc1cccc(CCNC(=O)c2c(O)nc3cc(C)ccn3c2=O)c1. The Kier molecular flexibility index (Phi) is 4.88. The summed E-state index contributed by atoms with van der Waals surface area (Å²) in [6, 6.07) is 10.9. The number of nitrogens with one attached hydrogen (secondary N) is 1. The van der Waals surface area contributed by atoms with Gasteiger partial charge in [-0.05, 0) is 48.7 Å². The fourth-order valence-electron chi connectivity index (χ4n) is 2.66. The van der Waals surface area contributed by atoms with Crippen molar-refractivity contribution in [1.82, 2.24) is 14.7 Å². The van der Waals surface area contributed by atoms with Crippen molar-refractivity contribution in [2.24, 2.45) is 0 Å². The highest BCUT2D eigenvalue weighted by Crippen LogP contribution is 2.14. The van der Waals surface area contributed by atoms with E-state index in [9.17, 15) is 14.7 Å². The van der Waals surface area contributed by atoms with Crippen molar-refractivity contribution in [2.75, 3.05) is 13.7 Å². The molecule has 0 spiro atoms. The zero-order chi connectivity index (χ0) is 18.7. The number of methoxy groups -OCH3 is 1. The van der Waals surface area contributed by atoms with Crippen molar-refractivity contribution in [2.45, 2.75) is 13.3 Å². The summed E-state index contributed by atoms with van der Waals surface area (Å²) in [5, 5.41) is 12.7. The van der Waals surface area contributed by atoms with Crippen LogP contribution in [0, 0.1) is 6.92 Å². The molecular formula is C19H19N3O4. The lowest BCUT2D eigenvalue weighted by Crippen LogP contribution is -2.33. The summed E-state index contributed by atoms with van der Waals surface area (Å²) in [7, 11) is 1.59. The minimum absolute atomic E-state index is 0.292. The molecule has 7 nitrogen and oxygen atoms in total. The molecule has 1 aromatic carbocycles. The van der Waals surface area contributed by atoms with Gasteiger partial charge in [0.1, 0.15) is 11.4 Å². The average Bonchev–Trinajstić information content (AvgIpc) is 2.61. The molecule has 0 aliphatic heterocycles. The zero-order valence-electron chi connectivity index (χ0n) is 14.5. The highest BCUT2D eigenvalue weighted by molar-refractivity contribution is 5.96. The van der Waals surface area contributed by atoms with Gasteiger partial charge >= 0.3 is 0 Å². The van der Waals surface area contributed by atoms with Crippen molar-refractivity contribution >= 4 is 11.6 Å². The van der Waals surface area contributed by atoms with Crippen LogP contribution in [0.1, 0.15) is 21.5 Å². The molecule has 7 heteroatoms. The van der Waals surface area contributed by atoms with Gasteiger partial charge in [-0.3, -0.25) is 14.0 Å². The van der Waals surface area contributed by atoms with Gasteiger partial charge in [0, 0.05) is 12.7 Å². The molecule has 134 valence electrons. The molecule has 26 heavy (non-hydrogen) atoms.